The third kappa shape index (κ3) is 3.17. The summed E-state index contributed by atoms with van der Waals surface area (Å²) in [6.07, 6.45) is 0. The predicted octanol–water partition coefficient (Wildman–Crippen LogP) is 4.36. The van der Waals surface area contributed by atoms with E-state index >= 15 is 0 Å². The largest absolute Gasteiger partial charge is 0.305 e. The Morgan fingerprint density at radius 1 is 1.31 bits per heavy atom. The quantitative estimate of drug-likeness (QED) is 0.884. The average Bonchev–Trinajstić information content (AvgIpc) is 2.78. The highest BCUT2D eigenvalue weighted by Crippen LogP contribution is 2.18. The Balaban J connectivity index is 1.95. The molecule has 16 heavy (non-hydrogen) atoms. The summed E-state index contributed by atoms with van der Waals surface area (Å²) in [6.45, 7) is 3.13. The van der Waals surface area contributed by atoms with E-state index in [9.17, 15) is 0 Å². The van der Waals surface area contributed by atoms with Crippen LogP contribution in [0.1, 0.15) is 23.4 Å². The normalized spacial score (nSPS) is 12.6. The maximum atomic E-state index is 3.52. The minimum Gasteiger partial charge on any atom is -0.305 e. The van der Waals surface area contributed by atoms with Gasteiger partial charge in [0.2, 0.25) is 0 Å². The Kier molecular flexibility index (Phi) is 4.16. The summed E-state index contributed by atoms with van der Waals surface area (Å²) in [4.78, 5) is 1.38. The van der Waals surface area contributed by atoms with Crippen molar-refractivity contribution in [2.45, 2.75) is 19.5 Å². The number of rotatable bonds is 4. The van der Waals surface area contributed by atoms with E-state index in [1.54, 1.807) is 11.3 Å². The number of benzene rings is 1. The van der Waals surface area contributed by atoms with E-state index in [2.05, 4.69) is 69.9 Å². The molecule has 0 unspecified atom stereocenters. The Labute approximate surface area is 109 Å². The second kappa shape index (κ2) is 5.62. The molecule has 84 valence electrons. The van der Waals surface area contributed by atoms with E-state index in [1.807, 2.05) is 0 Å². The van der Waals surface area contributed by atoms with Crippen LogP contribution in [0.3, 0.4) is 0 Å². The lowest BCUT2D eigenvalue weighted by molar-refractivity contribution is 0.578. The van der Waals surface area contributed by atoms with Crippen molar-refractivity contribution in [2.75, 3.05) is 0 Å². The topological polar surface area (TPSA) is 12.0 Å². The van der Waals surface area contributed by atoms with Crippen LogP contribution in [-0.2, 0) is 6.54 Å². The molecule has 1 heterocycles. The SMILES string of the molecule is C[C@H](NCc1cccs1)c1cccc(Br)c1. The van der Waals surface area contributed by atoms with Gasteiger partial charge in [-0.25, -0.2) is 0 Å². The van der Waals surface area contributed by atoms with Gasteiger partial charge in [-0.2, -0.15) is 0 Å². The molecule has 1 nitrogen and oxygen atoms in total. The first-order valence-electron chi connectivity index (χ1n) is 5.27. The van der Waals surface area contributed by atoms with Crippen molar-refractivity contribution in [3.8, 4) is 0 Å². The van der Waals surface area contributed by atoms with Gasteiger partial charge in [0.15, 0.2) is 0 Å². The summed E-state index contributed by atoms with van der Waals surface area (Å²) in [5, 5.41) is 5.63. The highest BCUT2D eigenvalue weighted by molar-refractivity contribution is 9.10. The molecule has 0 radical (unpaired) electrons. The molecule has 2 aromatic rings. The standard InChI is InChI=1S/C13H14BrNS/c1-10(11-4-2-5-12(14)8-11)15-9-13-6-3-7-16-13/h2-8,10,15H,9H2,1H3/t10-/m0/s1. The maximum absolute atomic E-state index is 3.52. The molecule has 3 heteroatoms. The first-order valence-corrected chi connectivity index (χ1v) is 6.94. The molecule has 0 fully saturated rings. The molecule has 0 bridgehead atoms. The highest BCUT2D eigenvalue weighted by atomic mass is 79.9. The Bertz CT molecular complexity index is 439. The summed E-state index contributed by atoms with van der Waals surface area (Å²) in [6, 6.07) is 13.1. The molecule has 1 aromatic carbocycles. The third-order valence-electron chi connectivity index (χ3n) is 2.51. The van der Waals surface area contributed by atoms with E-state index in [0.29, 0.717) is 6.04 Å². The van der Waals surface area contributed by atoms with Crippen LogP contribution in [0.2, 0.25) is 0 Å². The summed E-state index contributed by atoms with van der Waals surface area (Å²) in [5.41, 5.74) is 1.31. The Morgan fingerprint density at radius 3 is 2.88 bits per heavy atom. The van der Waals surface area contributed by atoms with Crippen LogP contribution in [0.5, 0.6) is 0 Å². The second-order valence-corrected chi connectivity index (χ2v) is 5.68. The molecule has 1 atom stereocenters. The van der Waals surface area contributed by atoms with Crippen LogP contribution < -0.4 is 5.32 Å². The van der Waals surface area contributed by atoms with Crippen molar-refractivity contribution < 1.29 is 0 Å². The number of nitrogens with one attached hydrogen (secondary N) is 1. The minimum absolute atomic E-state index is 0.375. The Hall–Kier alpha value is -0.640. The molecule has 1 N–H and O–H groups in total. The molecule has 0 saturated heterocycles. The lowest BCUT2D eigenvalue weighted by Gasteiger charge is -2.13. The molecule has 1 aromatic heterocycles. The smallest absolute Gasteiger partial charge is 0.0305 e. The van der Waals surface area contributed by atoms with Gasteiger partial charge in [0, 0.05) is 21.9 Å². The van der Waals surface area contributed by atoms with Crippen LogP contribution >= 0.6 is 27.3 Å². The number of hydrogen-bond donors (Lipinski definition) is 1. The van der Waals surface area contributed by atoms with E-state index in [4.69, 9.17) is 0 Å². The maximum Gasteiger partial charge on any atom is 0.0305 e. The summed E-state index contributed by atoms with van der Waals surface area (Å²) in [5.74, 6) is 0. The van der Waals surface area contributed by atoms with Gasteiger partial charge in [0.25, 0.3) is 0 Å². The summed E-state index contributed by atoms with van der Waals surface area (Å²) < 4.78 is 1.13. The molecule has 2 rings (SSSR count). The third-order valence-corrected chi connectivity index (χ3v) is 3.88. The van der Waals surface area contributed by atoms with Crippen molar-refractivity contribution in [1.82, 2.24) is 5.32 Å². The molecule has 0 aliphatic carbocycles. The Morgan fingerprint density at radius 2 is 2.19 bits per heavy atom. The van der Waals surface area contributed by atoms with Crippen LogP contribution in [0.4, 0.5) is 0 Å². The molecule has 0 aliphatic heterocycles. The molecule has 0 aliphatic rings. The van der Waals surface area contributed by atoms with Crippen LogP contribution in [-0.4, -0.2) is 0 Å². The number of thiophene rings is 1. The van der Waals surface area contributed by atoms with Gasteiger partial charge < -0.3 is 5.32 Å². The lowest BCUT2D eigenvalue weighted by Crippen LogP contribution is -2.17. The molecular formula is C13H14BrNS. The van der Waals surface area contributed by atoms with E-state index in [-0.39, 0.29) is 0 Å². The summed E-state index contributed by atoms with van der Waals surface area (Å²) in [7, 11) is 0. The van der Waals surface area contributed by atoms with E-state index in [1.165, 1.54) is 10.4 Å². The van der Waals surface area contributed by atoms with Gasteiger partial charge >= 0.3 is 0 Å². The molecule has 0 spiro atoms. The number of hydrogen-bond acceptors (Lipinski definition) is 2. The fourth-order valence-corrected chi connectivity index (χ4v) is 2.63. The van der Waals surface area contributed by atoms with Crippen molar-refractivity contribution in [3.05, 3.63) is 56.7 Å². The van der Waals surface area contributed by atoms with Crippen LogP contribution in [0.25, 0.3) is 0 Å². The van der Waals surface area contributed by atoms with Gasteiger partial charge in [-0.15, -0.1) is 11.3 Å². The van der Waals surface area contributed by atoms with Crippen LogP contribution in [0.15, 0.2) is 46.3 Å². The minimum atomic E-state index is 0.375. The van der Waals surface area contributed by atoms with Gasteiger partial charge in [0.1, 0.15) is 0 Å². The van der Waals surface area contributed by atoms with Crippen molar-refractivity contribution in [1.29, 1.82) is 0 Å². The molecular weight excluding hydrogens is 282 g/mol. The first kappa shape index (κ1) is 11.8. The summed E-state index contributed by atoms with van der Waals surface area (Å²) >= 11 is 5.29. The first-order chi connectivity index (χ1) is 7.75. The van der Waals surface area contributed by atoms with Gasteiger partial charge in [-0.1, -0.05) is 34.1 Å². The fraction of sp³-hybridized carbons (Fsp3) is 0.231. The van der Waals surface area contributed by atoms with Gasteiger partial charge in [-0.05, 0) is 36.1 Å². The zero-order valence-electron chi connectivity index (χ0n) is 9.11. The van der Waals surface area contributed by atoms with Gasteiger partial charge in [-0.3, -0.25) is 0 Å². The predicted molar refractivity (Wildman–Crippen MR) is 73.7 cm³/mol. The zero-order valence-corrected chi connectivity index (χ0v) is 11.5. The van der Waals surface area contributed by atoms with Crippen molar-refractivity contribution in [2.24, 2.45) is 0 Å². The number of halogens is 1. The van der Waals surface area contributed by atoms with E-state index in [0.717, 1.165) is 11.0 Å². The van der Waals surface area contributed by atoms with Crippen molar-refractivity contribution >= 4 is 27.3 Å². The van der Waals surface area contributed by atoms with Crippen LogP contribution in [0, 0.1) is 0 Å². The second-order valence-electron chi connectivity index (χ2n) is 3.74. The molecule has 0 amide bonds. The van der Waals surface area contributed by atoms with Gasteiger partial charge in [0.05, 0.1) is 0 Å². The fourth-order valence-electron chi connectivity index (χ4n) is 1.56. The van der Waals surface area contributed by atoms with Crippen molar-refractivity contribution in [3.63, 3.8) is 0 Å². The lowest BCUT2D eigenvalue weighted by atomic mass is 10.1. The highest BCUT2D eigenvalue weighted by Gasteiger charge is 2.05. The zero-order chi connectivity index (χ0) is 11.4. The monoisotopic (exact) mass is 295 g/mol. The van der Waals surface area contributed by atoms with E-state index < -0.39 is 0 Å². The molecule has 0 saturated carbocycles. The average molecular weight is 296 g/mol.